The number of hydrogen-bond acceptors (Lipinski definition) is 2. The Balaban J connectivity index is 2.46. The Bertz CT molecular complexity index is 424. The van der Waals surface area contributed by atoms with E-state index in [2.05, 4.69) is 13.8 Å². The van der Waals surface area contributed by atoms with Crippen LogP contribution in [-0.2, 0) is 16.1 Å². The third-order valence-electron chi connectivity index (χ3n) is 2.82. The van der Waals surface area contributed by atoms with Gasteiger partial charge in [-0.1, -0.05) is 38.5 Å². The third kappa shape index (κ3) is 6.77. The second-order valence-electron chi connectivity index (χ2n) is 4.83. The zero-order valence-electron chi connectivity index (χ0n) is 11.6. The molecule has 0 bridgehead atoms. The normalized spacial score (nSPS) is 12.7. The summed E-state index contributed by atoms with van der Waals surface area (Å²) >= 11 is 0. The Morgan fingerprint density at radius 2 is 2.26 bits per heavy atom. The van der Waals surface area contributed by atoms with Gasteiger partial charge in [0.15, 0.2) is 0 Å². The van der Waals surface area contributed by atoms with E-state index in [1.807, 2.05) is 24.3 Å². The summed E-state index contributed by atoms with van der Waals surface area (Å²) < 4.78 is 5.67. The quantitative estimate of drug-likeness (QED) is 0.726. The molecule has 0 aromatic heterocycles. The van der Waals surface area contributed by atoms with Crippen molar-refractivity contribution in [3.05, 3.63) is 41.5 Å². The number of carboxylic acids is 1. The highest BCUT2D eigenvalue weighted by Gasteiger charge is 2.01. The molecule has 0 fully saturated rings. The van der Waals surface area contributed by atoms with Crippen LogP contribution in [-0.4, -0.2) is 17.7 Å². The second-order valence-corrected chi connectivity index (χ2v) is 4.83. The summed E-state index contributed by atoms with van der Waals surface area (Å²) in [4.78, 5) is 10.5. The minimum atomic E-state index is -0.935. The van der Waals surface area contributed by atoms with E-state index >= 15 is 0 Å². The fraction of sp³-hybridized carbons (Fsp3) is 0.438. The third-order valence-corrected chi connectivity index (χ3v) is 2.82. The highest BCUT2D eigenvalue weighted by molar-refractivity contribution is 5.85. The molecular weight excluding hydrogens is 240 g/mol. The van der Waals surface area contributed by atoms with Crippen molar-refractivity contribution in [3.8, 4) is 0 Å². The number of hydrogen-bond donors (Lipinski definition) is 1. The summed E-state index contributed by atoms with van der Waals surface area (Å²) in [5, 5.41) is 8.59. The van der Waals surface area contributed by atoms with Crippen molar-refractivity contribution >= 4 is 12.0 Å². The van der Waals surface area contributed by atoms with Crippen molar-refractivity contribution in [2.45, 2.75) is 33.3 Å². The van der Waals surface area contributed by atoms with Gasteiger partial charge in [-0.15, -0.1) is 0 Å². The summed E-state index contributed by atoms with van der Waals surface area (Å²) in [5.74, 6) is -0.352. The van der Waals surface area contributed by atoms with Gasteiger partial charge in [0.2, 0.25) is 0 Å². The minimum absolute atomic E-state index is 0.572. The van der Waals surface area contributed by atoms with Gasteiger partial charge in [0.25, 0.3) is 0 Å². The highest BCUT2D eigenvalue weighted by atomic mass is 16.5. The van der Waals surface area contributed by atoms with Crippen molar-refractivity contribution in [3.63, 3.8) is 0 Å². The van der Waals surface area contributed by atoms with Crippen LogP contribution in [0.1, 0.15) is 37.8 Å². The summed E-state index contributed by atoms with van der Waals surface area (Å²) in [6.45, 7) is 5.70. The van der Waals surface area contributed by atoms with Crippen LogP contribution < -0.4 is 0 Å². The molecule has 0 aliphatic heterocycles. The lowest BCUT2D eigenvalue weighted by atomic mass is 10.1. The van der Waals surface area contributed by atoms with E-state index < -0.39 is 5.97 Å². The Morgan fingerprint density at radius 1 is 1.47 bits per heavy atom. The molecule has 0 saturated heterocycles. The van der Waals surface area contributed by atoms with Crippen molar-refractivity contribution in [2.24, 2.45) is 5.92 Å². The Labute approximate surface area is 114 Å². The molecule has 104 valence electrons. The predicted octanol–water partition coefficient (Wildman–Crippen LogP) is 3.74. The van der Waals surface area contributed by atoms with Crippen molar-refractivity contribution in [1.29, 1.82) is 0 Å². The van der Waals surface area contributed by atoms with E-state index in [1.165, 1.54) is 12.8 Å². The second kappa shape index (κ2) is 8.48. The summed E-state index contributed by atoms with van der Waals surface area (Å²) in [6.07, 6.45) is 5.09. The Morgan fingerprint density at radius 3 is 2.95 bits per heavy atom. The highest BCUT2D eigenvalue weighted by Crippen LogP contribution is 2.10. The SMILES string of the molecule is CCCC(C)COCc1cccc(/C=C/C(=O)O)c1. The molecule has 0 aliphatic carbocycles. The Kier molecular flexibility index (Phi) is 6.90. The van der Waals surface area contributed by atoms with E-state index in [1.54, 1.807) is 6.08 Å². The molecule has 0 spiro atoms. The molecule has 0 amide bonds. The van der Waals surface area contributed by atoms with Gasteiger partial charge in [0.1, 0.15) is 0 Å². The molecule has 3 nitrogen and oxygen atoms in total. The van der Waals surface area contributed by atoms with Crippen molar-refractivity contribution < 1.29 is 14.6 Å². The van der Waals surface area contributed by atoms with Crippen LogP contribution in [0.2, 0.25) is 0 Å². The van der Waals surface area contributed by atoms with Gasteiger partial charge < -0.3 is 9.84 Å². The molecule has 1 atom stereocenters. The predicted molar refractivity (Wildman–Crippen MR) is 76.8 cm³/mol. The molecule has 1 unspecified atom stereocenters. The van der Waals surface area contributed by atoms with Gasteiger partial charge in [-0.25, -0.2) is 4.79 Å². The number of aliphatic carboxylic acids is 1. The first-order valence-corrected chi connectivity index (χ1v) is 6.69. The van der Waals surface area contributed by atoms with E-state index in [0.717, 1.165) is 23.8 Å². The zero-order chi connectivity index (χ0) is 14.1. The minimum Gasteiger partial charge on any atom is -0.478 e. The summed E-state index contributed by atoms with van der Waals surface area (Å²) in [6, 6.07) is 7.73. The molecule has 3 heteroatoms. The maximum absolute atomic E-state index is 10.5. The first kappa shape index (κ1) is 15.4. The maximum atomic E-state index is 10.5. The number of carbonyl (C=O) groups is 1. The van der Waals surface area contributed by atoms with Crippen LogP contribution in [0, 0.1) is 5.92 Å². The summed E-state index contributed by atoms with van der Waals surface area (Å²) in [7, 11) is 0. The monoisotopic (exact) mass is 262 g/mol. The van der Waals surface area contributed by atoms with Crippen LogP contribution in [0.3, 0.4) is 0 Å². The van der Waals surface area contributed by atoms with Crippen LogP contribution in [0.4, 0.5) is 0 Å². The van der Waals surface area contributed by atoms with E-state index in [-0.39, 0.29) is 0 Å². The molecule has 1 N–H and O–H groups in total. The average molecular weight is 262 g/mol. The van der Waals surface area contributed by atoms with Crippen LogP contribution in [0.15, 0.2) is 30.3 Å². The molecule has 0 heterocycles. The lowest BCUT2D eigenvalue weighted by molar-refractivity contribution is -0.131. The van der Waals surface area contributed by atoms with Crippen molar-refractivity contribution in [2.75, 3.05) is 6.61 Å². The number of benzene rings is 1. The maximum Gasteiger partial charge on any atom is 0.328 e. The van der Waals surface area contributed by atoms with Gasteiger partial charge in [-0.2, -0.15) is 0 Å². The van der Waals surface area contributed by atoms with Gasteiger partial charge >= 0.3 is 5.97 Å². The standard InChI is InChI=1S/C16H22O3/c1-3-5-13(2)11-19-12-15-7-4-6-14(10-15)8-9-16(17)18/h4,6-10,13H,3,5,11-12H2,1-2H3,(H,17,18)/b9-8+. The fourth-order valence-corrected chi connectivity index (χ4v) is 1.91. The van der Waals surface area contributed by atoms with Crippen LogP contribution in [0.5, 0.6) is 0 Å². The van der Waals surface area contributed by atoms with E-state index in [9.17, 15) is 4.79 Å². The Hall–Kier alpha value is -1.61. The molecule has 19 heavy (non-hydrogen) atoms. The van der Waals surface area contributed by atoms with Gasteiger partial charge in [-0.3, -0.25) is 0 Å². The lowest BCUT2D eigenvalue weighted by Gasteiger charge is -2.11. The molecule has 0 radical (unpaired) electrons. The first-order chi connectivity index (χ1) is 9.11. The first-order valence-electron chi connectivity index (χ1n) is 6.69. The van der Waals surface area contributed by atoms with Crippen LogP contribution in [0.25, 0.3) is 6.08 Å². The van der Waals surface area contributed by atoms with Crippen molar-refractivity contribution in [1.82, 2.24) is 0 Å². The molecular formula is C16H22O3. The van der Waals surface area contributed by atoms with Gasteiger partial charge in [0.05, 0.1) is 6.61 Å². The molecule has 1 aromatic rings. The van der Waals surface area contributed by atoms with Crippen LogP contribution >= 0.6 is 0 Å². The average Bonchev–Trinajstić information content (AvgIpc) is 2.37. The molecule has 0 saturated carbocycles. The molecule has 1 aromatic carbocycles. The molecule has 1 rings (SSSR count). The van der Waals surface area contributed by atoms with Gasteiger partial charge in [-0.05, 0) is 35.6 Å². The van der Waals surface area contributed by atoms with E-state index in [0.29, 0.717) is 12.5 Å². The molecule has 0 aliphatic rings. The smallest absolute Gasteiger partial charge is 0.328 e. The fourth-order valence-electron chi connectivity index (χ4n) is 1.91. The van der Waals surface area contributed by atoms with Gasteiger partial charge in [0, 0.05) is 12.7 Å². The summed E-state index contributed by atoms with van der Waals surface area (Å²) in [5.41, 5.74) is 1.95. The zero-order valence-corrected chi connectivity index (χ0v) is 11.6. The topological polar surface area (TPSA) is 46.5 Å². The lowest BCUT2D eigenvalue weighted by Crippen LogP contribution is -2.05. The van der Waals surface area contributed by atoms with E-state index in [4.69, 9.17) is 9.84 Å². The largest absolute Gasteiger partial charge is 0.478 e. The number of carboxylic acid groups (broad SMARTS) is 1. The number of ether oxygens (including phenoxy) is 1. The number of rotatable bonds is 8.